The van der Waals surface area contributed by atoms with Crippen LogP contribution in [0.4, 0.5) is 0 Å². The van der Waals surface area contributed by atoms with Gasteiger partial charge >= 0.3 is 0 Å². The fourth-order valence-corrected chi connectivity index (χ4v) is 1.44. The van der Waals surface area contributed by atoms with Crippen LogP contribution in [0.25, 0.3) is 0 Å². The van der Waals surface area contributed by atoms with Gasteiger partial charge in [0.15, 0.2) is 0 Å². The van der Waals surface area contributed by atoms with E-state index in [1.807, 2.05) is 31.2 Å². The smallest absolute Gasteiger partial charge is 0.0735 e. The van der Waals surface area contributed by atoms with E-state index in [0.717, 1.165) is 17.1 Å². The molecule has 1 unspecified atom stereocenters. The van der Waals surface area contributed by atoms with E-state index in [-0.39, 0.29) is 6.10 Å². The average molecular weight is 238 g/mol. The molecule has 0 aromatic heterocycles. The molecular formula is C13H16ClNO. The normalized spacial score (nSPS) is 12.1. The monoisotopic (exact) mass is 237 g/mol. The largest absolute Gasteiger partial charge is 0.372 e. The quantitative estimate of drug-likeness (QED) is 0.606. The third-order valence-electron chi connectivity index (χ3n) is 2.14. The standard InChI is InChI=1S/C13H16ClNO/c1-3-8-15-9-11(2)16-10-12-6-4-5-7-13(12)14/h1,4-7,11,15H,8-10H2,2H3. The number of rotatable bonds is 6. The van der Waals surface area contributed by atoms with Crippen molar-refractivity contribution in [3.05, 3.63) is 34.9 Å². The predicted octanol–water partition coefficient (Wildman–Crippen LogP) is 2.47. The molecule has 0 bridgehead atoms. The van der Waals surface area contributed by atoms with Crippen LogP contribution in [0.3, 0.4) is 0 Å². The second-order valence-corrected chi connectivity index (χ2v) is 3.96. The molecule has 1 N–H and O–H groups in total. The zero-order valence-electron chi connectivity index (χ0n) is 9.37. The van der Waals surface area contributed by atoms with Crippen molar-refractivity contribution in [1.82, 2.24) is 5.32 Å². The topological polar surface area (TPSA) is 21.3 Å². The van der Waals surface area contributed by atoms with E-state index in [1.54, 1.807) is 0 Å². The van der Waals surface area contributed by atoms with Crippen LogP contribution in [-0.4, -0.2) is 19.2 Å². The van der Waals surface area contributed by atoms with Gasteiger partial charge in [-0.3, -0.25) is 0 Å². The Morgan fingerprint density at radius 3 is 2.94 bits per heavy atom. The van der Waals surface area contributed by atoms with Crippen LogP contribution in [0.5, 0.6) is 0 Å². The molecule has 0 spiro atoms. The van der Waals surface area contributed by atoms with Crippen molar-refractivity contribution < 1.29 is 4.74 Å². The van der Waals surface area contributed by atoms with Crippen LogP contribution < -0.4 is 5.32 Å². The van der Waals surface area contributed by atoms with Crippen molar-refractivity contribution in [3.63, 3.8) is 0 Å². The lowest BCUT2D eigenvalue weighted by atomic mass is 10.2. The minimum absolute atomic E-state index is 0.115. The summed E-state index contributed by atoms with van der Waals surface area (Å²) < 4.78 is 5.64. The van der Waals surface area contributed by atoms with Gasteiger partial charge in [-0.05, 0) is 18.6 Å². The van der Waals surface area contributed by atoms with Gasteiger partial charge in [-0.1, -0.05) is 35.7 Å². The number of terminal acetylenes is 1. The maximum absolute atomic E-state index is 6.01. The third kappa shape index (κ3) is 4.67. The van der Waals surface area contributed by atoms with Gasteiger partial charge in [0.2, 0.25) is 0 Å². The number of benzene rings is 1. The molecule has 1 aromatic carbocycles. The first kappa shape index (κ1) is 13.1. The molecule has 1 aromatic rings. The van der Waals surface area contributed by atoms with Crippen LogP contribution in [0.2, 0.25) is 5.02 Å². The minimum atomic E-state index is 0.115. The first-order valence-corrected chi connectivity index (χ1v) is 5.61. The highest BCUT2D eigenvalue weighted by Gasteiger charge is 2.03. The van der Waals surface area contributed by atoms with E-state index < -0.39 is 0 Å². The fraction of sp³-hybridized carbons (Fsp3) is 0.385. The van der Waals surface area contributed by atoms with Crippen LogP contribution in [0.15, 0.2) is 24.3 Å². The van der Waals surface area contributed by atoms with Crippen molar-refractivity contribution in [1.29, 1.82) is 0 Å². The molecule has 1 rings (SSSR count). The summed E-state index contributed by atoms with van der Waals surface area (Å²) in [6, 6.07) is 7.68. The van der Waals surface area contributed by atoms with Crippen molar-refractivity contribution in [2.24, 2.45) is 0 Å². The number of hydrogen-bond acceptors (Lipinski definition) is 2. The zero-order valence-corrected chi connectivity index (χ0v) is 10.1. The zero-order chi connectivity index (χ0) is 11.8. The Morgan fingerprint density at radius 2 is 2.25 bits per heavy atom. The Kier molecular flexibility index (Phi) is 5.95. The maximum atomic E-state index is 6.01. The molecule has 0 aliphatic rings. The van der Waals surface area contributed by atoms with E-state index in [2.05, 4.69) is 11.2 Å². The second kappa shape index (κ2) is 7.29. The summed E-state index contributed by atoms with van der Waals surface area (Å²) in [6.45, 7) is 3.84. The first-order chi connectivity index (χ1) is 7.74. The van der Waals surface area contributed by atoms with Gasteiger partial charge < -0.3 is 10.1 Å². The maximum Gasteiger partial charge on any atom is 0.0735 e. The third-order valence-corrected chi connectivity index (χ3v) is 2.51. The number of ether oxygens (including phenoxy) is 1. The molecule has 1 atom stereocenters. The van der Waals surface area contributed by atoms with Crippen molar-refractivity contribution in [3.8, 4) is 12.3 Å². The molecule has 0 saturated carbocycles. The van der Waals surface area contributed by atoms with E-state index in [4.69, 9.17) is 22.8 Å². The number of hydrogen-bond donors (Lipinski definition) is 1. The fourth-order valence-electron chi connectivity index (χ4n) is 1.25. The summed E-state index contributed by atoms with van der Waals surface area (Å²) >= 11 is 6.01. The molecule has 0 aliphatic heterocycles. The minimum Gasteiger partial charge on any atom is -0.372 e. The summed E-state index contributed by atoms with van der Waals surface area (Å²) in [7, 11) is 0. The molecule has 0 amide bonds. The van der Waals surface area contributed by atoms with Gasteiger partial charge in [-0.2, -0.15) is 0 Å². The lowest BCUT2D eigenvalue weighted by Crippen LogP contribution is -2.27. The second-order valence-electron chi connectivity index (χ2n) is 3.55. The Labute approximate surface area is 102 Å². The highest BCUT2D eigenvalue weighted by molar-refractivity contribution is 6.31. The molecule has 0 saturated heterocycles. The molecule has 0 radical (unpaired) electrons. The van der Waals surface area contributed by atoms with Gasteiger partial charge in [-0.15, -0.1) is 6.42 Å². The van der Waals surface area contributed by atoms with E-state index in [9.17, 15) is 0 Å². The number of nitrogens with one attached hydrogen (secondary N) is 1. The molecule has 2 nitrogen and oxygen atoms in total. The van der Waals surface area contributed by atoms with Gasteiger partial charge in [0.1, 0.15) is 0 Å². The van der Waals surface area contributed by atoms with Crippen molar-refractivity contribution in [2.45, 2.75) is 19.6 Å². The summed E-state index contributed by atoms with van der Waals surface area (Å²) in [5.41, 5.74) is 1.01. The lowest BCUT2D eigenvalue weighted by Gasteiger charge is -2.13. The summed E-state index contributed by atoms with van der Waals surface area (Å²) in [5, 5.41) is 3.83. The predicted molar refractivity (Wildman–Crippen MR) is 67.4 cm³/mol. The molecule has 86 valence electrons. The van der Waals surface area contributed by atoms with Crippen LogP contribution in [-0.2, 0) is 11.3 Å². The van der Waals surface area contributed by atoms with E-state index in [1.165, 1.54) is 0 Å². The SMILES string of the molecule is C#CCNCC(C)OCc1ccccc1Cl. The molecular weight excluding hydrogens is 222 g/mol. The molecule has 0 fully saturated rings. The van der Waals surface area contributed by atoms with E-state index >= 15 is 0 Å². The van der Waals surface area contributed by atoms with Gasteiger partial charge in [0, 0.05) is 11.6 Å². The average Bonchev–Trinajstić information content (AvgIpc) is 2.28. The molecule has 0 heterocycles. The van der Waals surface area contributed by atoms with Crippen LogP contribution in [0.1, 0.15) is 12.5 Å². The molecule has 3 heteroatoms. The Balaban J connectivity index is 2.29. The van der Waals surface area contributed by atoms with Crippen LogP contribution in [0, 0.1) is 12.3 Å². The number of halogens is 1. The lowest BCUT2D eigenvalue weighted by molar-refractivity contribution is 0.0540. The highest BCUT2D eigenvalue weighted by Crippen LogP contribution is 2.16. The first-order valence-electron chi connectivity index (χ1n) is 5.23. The Hall–Kier alpha value is -1.01. The Bertz CT molecular complexity index is 359. The highest BCUT2D eigenvalue weighted by atomic mass is 35.5. The van der Waals surface area contributed by atoms with Gasteiger partial charge in [-0.25, -0.2) is 0 Å². The van der Waals surface area contributed by atoms with Gasteiger partial charge in [0.05, 0.1) is 19.3 Å². The summed E-state index contributed by atoms with van der Waals surface area (Å²) in [6.07, 6.45) is 5.24. The summed E-state index contributed by atoms with van der Waals surface area (Å²) in [4.78, 5) is 0. The molecule has 16 heavy (non-hydrogen) atoms. The summed E-state index contributed by atoms with van der Waals surface area (Å²) in [5.74, 6) is 2.52. The Morgan fingerprint density at radius 1 is 1.50 bits per heavy atom. The van der Waals surface area contributed by atoms with E-state index in [0.29, 0.717) is 13.2 Å². The molecule has 0 aliphatic carbocycles. The van der Waals surface area contributed by atoms with Gasteiger partial charge in [0.25, 0.3) is 0 Å². The van der Waals surface area contributed by atoms with Crippen LogP contribution >= 0.6 is 11.6 Å². The van der Waals surface area contributed by atoms with Crippen molar-refractivity contribution in [2.75, 3.05) is 13.1 Å². The van der Waals surface area contributed by atoms with Crippen molar-refractivity contribution >= 4 is 11.6 Å².